The molecule has 1 atom stereocenters. The first kappa shape index (κ1) is 26.2. The molecule has 1 aliphatic rings. The van der Waals surface area contributed by atoms with Gasteiger partial charge in [-0.25, -0.2) is 14.2 Å². The fourth-order valence-electron chi connectivity index (χ4n) is 5.02. The third kappa shape index (κ3) is 5.13. The van der Waals surface area contributed by atoms with Crippen molar-refractivity contribution >= 4 is 28.6 Å². The number of aryl methyl sites for hydroxylation is 2. The second-order valence-corrected chi connectivity index (χ2v) is 11.0. The average molecular weight is 537 g/mol. The second-order valence-electron chi connectivity index (χ2n) is 10.6. The Bertz CT molecular complexity index is 1540. The summed E-state index contributed by atoms with van der Waals surface area (Å²) in [7, 11) is 0. The zero-order chi connectivity index (χ0) is 27.2. The minimum Gasteiger partial charge on any atom is -0.493 e. The monoisotopic (exact) mass is 536 g/mol. The maximum atomic E-state index is 13.6. The van der Waals surface area contributed by atoms with Crippen molar-refractivity contribution in [2.75, 3.05) is 6.61 Å². The van der Waals surface area contributed by atoms with Gasteiger partial charge in [0.25, 0.3) is 0 Å². The minimum absolute atomic E-state index is 0.333. The molecule has 8 heteroatoms. The largest absolute Gasteiger partial charge is 0.493 e. The number of nitrogens with zero attached hydrogens (tertiary/aromatic N) is 2. The van der Waals surface area contributed by atoms with Crippen LogP contribution in [0.3, 0.4) is 0 Å². The van der Waals surface area contributed by atoms with Gasteiger partial charge in [-0.1, -0.05) is 23.7 Å². The molecule has 1 N–H and O–H groups in total. The number of benzene rings is 2. The van der Waals surface area contributed by atoms with Crippen molar-refractivity contribution < 1.29 is 23.8 Å². The molecular weight excluding hydrogens is 507 g/mol. The number of rotatable bonds is 6. The number of ether oxygens (including phenoxy) is 2. The number of aromatic nitrogens is 2. The van der Waals surface area contributed by atoms with Gasteiger partial charge in [0.1, 0.15) is 17.2 Å². The van der Waals surface area contributed by atoms with Gasteiger partial charge in [0.2, 0.25) is 0 Å². The molecule has 0 bridgehead atoms. The van der Waals surface area contributed by atoms with Gasteiger partial charge in [-0.15, -0.1) is 0 Å². The number of hydrogen-bond donors (Lipinski definition) is 1. The van der Waals surface area contributed by atoms with Crippen molar-refractivity contribution in [1.29, 1.82) is 0 Å². The highest BCUT2D eigenvalue weighted by Gasteiger charge is 2.33. The normalized spacial score (nSPS) is 14.3. The van der Waals surface area contributed by atoms with Gasteiger partial charge in [0.15, 0.2) is 6.10 Å². The summed E-state index contributed by atoms with van der Waals surface area (Å²) in [5.41, 5.74) is 4.54. The van der Waals surface area contributed by atoms with Crippen molar-refractivity contribution in [3.8, 4) is 16.9 Å². The number of aliphatic carboxylic acids is 1. The lowest BCUT2D eigenvalue weighted by atomic mass is 9.90. The van der Waals surface area contributed by atoms with Crippen LogP contribution < -0.4 is 4.74 Å². The summed E-state index contributed by atoms with van der Waals surface area (Å²) in [6.45, 7) is 8.39. The van der Waals surface area contributed by atoms with E-state index in [1.165, 1.54) is 12.1 Å². The van der Waals surface area contributed by atoms with E-state index in [9.17, 15) is 14.3 Å². The molecule has 1 aliphatic heterocycles. The van der Waals surface area contributed by atoms with Gasteiger partial charge >= 0.3 is 5.97 Å². The van der Waals surface area contributed by atoms with Gasteiger partial charge in [0.05, 0.1) is 18.8 Å². The summed E-state index contributed by atoms with van der Waals surface area (Å²) < 4.78 is 27.5. The lowest BCUT2D eigenvalue weighted by molar-refractivity contribution is -0.160. The number of pyridine rings is 1. The predicted molar refractivity (Wildman–Crippen MR) is 145 cm³/mol. The number of carboxylic acid groups (broad SMARTS) is 1. The molecule has 4 aromatic rings. The Balaban J connectivity index is 1.74. The smallest absolute Gasteiger partial charge is 0.337 e. The highest BCUT2D eigenvalue weighted by molar-refractivity contribution is 6.31. The first-order valence-electron chi connectivity index (χ1n) is 12.6. The van der Waals surface area contributed by atoms with Gasteiger partial charge in [-0.2, -0.15) is 0 Å². The number of hydrogen-bond acceptors (Lipinski definition) is 4. The fraction of sp³-hybridized carbons (Fsp3) is 0.333. The predicted octanol–water partition coefficient (Wildman–Crippen LogP) is 7.12. The van der Waals surface area contributed by atoms with Gasteiger partial charge in [-0.05, 0) is 87.6 Å². The first-order chi connectivity index (χ1) is 18.0. The summed E-state index contributed by atoms with van der Waals surface area (Å²) in [6, 6.07) is 12.3. The van der Waals surface area contributed by atoms with Crippen molar-refractivity contribution in [2.24, 2.45) is 0 Å². The van der Waals surface area contributed by atoms with Gasteiger partial charge in [0, 0.05) is 33.4 Å². The van der Waals surface area contributed by atoms with E-state index in [0.717, 1.165) is 46.2 Å². The van der Waals surface area contributed by atoms with E-state index in [4.69, 9.17) is 26.1 Å². The summed E-state index contributed by atoms with van der Waals surface area (Å²) in [5, 5.41) is 11.4. The Hall–Kier alpha value is -3.42. The number of halogens is 2. The molecule has 38 heavy (non-hydrogen) atoms. The van der Waals surface area contributed by atoms with E-state index < -0.39 is 23.5 Å². The molecule has 0 unspecified atom stereocenters. The van der Waals surface area contributed by atoms with Crippen molar-refractivity contribution in [1.82, 2.24) is 9.55 Å². The molecule has 0 saturated carbocycles. The maximum Gasteiger partial charge on any atom is 0.337 e. The van der Waals surface area contributed by atoms with Crippen LogP contribution in [-0.2, 0) is 22.5 Å². The van der Waals surface area contributed by atoms with Gasteiger partial charge in [-0.3, -0.25) is 0 Å². The van der Waals surface area contributed by atoms with Crippen LogP contribution in [-0.4, -0.2) is 32.8 Å². The van der Waals surface area contributed by atoms with E-state index in [1.54, 1.807) is 6.07 Å². The van der Waals surface area contributed by atoms with E-state index in [1.807, 2.05) is 56.7 Å². The molecule has 0 radical (unpaired) electrons. The molecule has 0 spiro atoms. The van der Waals surface area contributed by atoms with Crippen LogP contribution in [0.4, 0.5) is 4.39 Å². The minimum atomic E-state index is -1.22. The van der Waals surface area contributed by atoms with Crippen molar-refractivity contribution in [3.63, 3.8) is 0 Å². The lowest BCUT2D eigenvalue weighted by Crippen LogP contribution is -2.28. The maximum absolute atomic E-state index is 13.6. The van der Waals surface area contributed by atoms with Crippen LogP contribution in [0, 0.1) is 12.7 Å². The first-order valence-corrected chi connectivity index (χ1v) is 13.0. The van der Waals surface area contributed by atoms with E-state index in [0.29, 0.717) is 35.1 Å². The van der Waals surface area contributed by atoms with Crippen LogP contribution in [0.1, 0.15) is 55.7 Å². The van der Waals surface area contributed by atoms with Crippen LogP contribution >= 0.6 is 11.6 Å². The molecule has 0 fully saturated rings. The highest BCUT2D eigenvalue weighted by atomic mass is 35.5. The topological polar surface area (TPSA) is 73.6 Å². The molecule has 5 rings (SSSR count). The van der Waals surface area contributed by atoms with E-state index >= 15 is 0 Å². The summed E-state index contributed by atoms with van der Waals surface area (Å²) in [4.78, 5) is 17.4. The Morgan fingerprint density at radius 1 is 1.24 bits per heavy atom. The summed E-state index contributed by atoms with van der Waals surface area (Å²) in [6.07, 6.45) is 2.49. The Kier molecular flexibility index (Phi) is 6.92. The van der Waals surface area contributed by atoms with E-state index in [-0.39, 0.29) is 0 Å². The highest BCUT2D eigenvalue weighted by Crippen LogP contribution is 2.41. The van der Waals surface area contributed by atoms with E-state index in [2.05, 4.69) is 6.07 Å². The Morgan fingerprint density at radius 2 is 2.03 bits per heavy atom. The lowest BCUT2D eigenvalue weighted by Gasteiger charge is -2.28. The third-order valence-electron chi connectivity index (χ3n) is 6.65. The summed E-state index contributed by atoms with van der Waals surface area (Å²) >= 11 is 6.32. The number of fused-ring (bicyclic) bond motifs is 2. The molecule has 0 saturated heterocycles. The molecule has 2 aromatic carbocycles. The molecule has 0 aliphatic carbocycles. The zero-order valence-electron chi connectivity index (χ0n) is 21.8. The standard InChI is InChI=1S/C30H30ClFN2O4/c1-17-25(27(29(35)36)38-30(2,3)4)26(19-8-10-24-18(14-19)6-5-13-37-24)22-11-12-34(28(22)33-17)16-20-7-9-21(32)15-23(20)31/h7-12,14-15,27H,5-6,13,16H2,1-4H3,(H,35,36)/t27-/m1/s1. The number of carbonyl (C=O) groups is 1. The summed E-state index contributed by atoms with van der Waals surface area (Å²) in [5.74, 6) is -0.621. The second kappa shape index (κ2) is 10.0. The molecule has 198 valence electrons. The molecular formula is C30H30ClFN2O4. The van der Waals surface area contributed by atoms with Crippen LogP contribution in [0.2, 0.25) is 5.02 Å². The van der Waals surface area contributed by atoms with Crippen LogP contribution in [0.15, 0.2) is 48.7 Å². The molecule has 6 nitrogen and oxygen atoms in total. The Morgan fingerprint density at radius 3 is 2.74 bits per heavy atom. The average Bonchev–Trinajstić information content (AvgIpc) is 3.24. The molecule has 2 aromatic heterocycles. The van der Waals surface area contributed by atoms with Crippen molar-refractivity contribution in [3.05, 3.63) is 81.9 Å². The fourth-order valence-corrected chi connectivity index (χ4v) is 5.25. The SMILES string of the molecule is Cc1nc2c(ccn2Cc2ccc(F)cc2Cl)c(-c2ccc3c(c2)CCCO3)c1[C@@H](OC(C)(C)C)C(=O)O. The van der Waals surface area contributed by atoms with Crippen LogP contribution in [0.5, 0.6) is 5.75 Å². The van der Waals surface area contributed by atoms with Gasteiger partial charge < -0.3 is 19.1 Å². The molecule has 3 heterocycles. The number of carboxylic acids is 1. The third-order valence-corrected chi connectivity index (χ3v) is 7.00. The van der Waals surface area contributed by atoms with Crippen molar-refractivity contribution in [2.45, 2.75) is 58.8 Å². The molecule has 0 amide bonds. The Labute approximate surface area is 226 Å². The quantitative estimate of drug-likeness (QED) is 0.284. The van der Waals surface area contributed by atoms with Crippen LogP contribution in [0.25, 0.3) is 22.2 Å². The zero-order valence-corrected chi connectivity index (χ0v) is 22.6.